The number of aryl methyl sites for hydroxylation is 1. The highest BCUT2D eigenvalue weighted by atomic mass is 16.2. The van der Waals surface area contributed by atoms with Crippen molar-refractivity contribution in [1.82, 2.24) is 29.0 Å². The molecule has 1 aliphatic heterocycles. The van der Waals surface area contributed by atoms with E-state index in [-0.39, 0.29) is 5.91 Å². The molecule has 0 aliphatic carbocycles. The molecule has 0 atom stereocenters. The van der Waals surface area contributed by atoms with Crippen LogP contribution < -0.4 is 4.90 Å². The molecule has 8 nitrogen and oxygen atoms in total. The van der Waals surface area contributed by atoms with Gasteiger partial charge in [-0.3, -0.25) is 9.36 Å². The van der Waals surface area contributed by atoms with Gasteiger partial charge in [-0.2, -0.15) is 0 Å². The van der Waals surface area contributed by atoms with Gasteiger partial charge in [-0.1, -0.05) is 0 Å². The highest BCUT2D eigenvalue weighted by Crippen LogP contribution is 2.18. The number of amides is 1. The fraction of sp³-hybridized carbons (Fsp3) is 0.368. The van der Waals surface area contributed by atoms with Crippen molar-refractivity contribution >= 4 is 11.7 Å². The van der Waals surface area contributed by atoms with Crippen LogP contribution in [0.4, 0.5) is 5.82 Å². The molecule has 4 rings (SSSR count). The summed E-state index contributed by atoms with van der Waals surface area (Å²) in [5.74, 6) is 1.84. The number of carbonyl (C=O) groups is 1. The first kappa shape index (κ1) is 17.3. The lowest BCUT2D eigenvalue weighted by Gasteiger charge is -2.35. The van der Waals surface area contributed by atoms with Crippen molar-refractivity contribution in [2.45, 2.75) is 20.4 Å². The van der Waals surface area contributed by atoms with Crippen LogP contribution in [-0.4, -0.2) is 61.1 Å². The molecular weight excluding hydrogens is 342 g/mol. The molecule has 3 aromatic heterocycles. The lowest BCUT2D eigenvalue weighted by atomic mass is 10.3. The van der Waals surface area contributed by atoms with Gasteiger partial charge in [0, 0.05) is 50.3 Å². The maximum Gasteiger partial charge on any atom is 0.242 e. The van der Waals surface area contributed by atoms with Crippen molar-refractivity contribution in [3.8, 4) is 5.82 Å². The minimum Gasteiger partial charge on any atom is -0.353 e. The summed E-state index contributed by atoms with van der Waals surface area (Å²) in [6.45, 7) is 7.32. The van der Waals surface area contributed by atoms with Crippen LogP contribution in [0.15, 0.2) is 43.2 Å². The normalized spacial score (nSPS) is 14.6. The average Bonchev–Trinajstić information content (AvgIpc) is 3.32. The van der Waals surface area contributed by atoms with E-state index in [2.05, 4.69) is 19.9 Å². The number of hydrogen-bond donors (Lipinski definition) is 0. The topological polar surface area (TPSA) is 72.1 Å². The Bertz CT molecular complexity index is 923. The Labute approximate surface area is 158 Å². The SMILES string of the molecule is Cc1ncn(-c2cc(N3CCN(C(=O)Cn4cccc4)CC3)ncn2)c1C. The molecule has 0 N–H and O–H groups in total. The van der Waals surface area contributed by atoms with E-state index in [0.717, 1.165) is 36.1 Å². The quantitative estimate of drug-likeness (QED) is 0.699. The van der Waals surface area contributed by atoms with E-state index in [9.17, 15) is 4.79 Å². The second-order valence-corrected chi connectivity index (χ2v) is 6.74. The van der Waals surface area contributed by atoms with Crippen molar-refractivity contribution in [3.63, 3.8) is 0 Å². The second kappa shape index (κ2) is 7.22. The first-order valence-corrected chi connectivity index (χ1v) is 9.08. The zero-order chi connectivity index (χ0) is 18.8. The third-order valence-corrected chi connectivity index (χ3v) is 5.08. The minimum absolute atomic E-state index is 0.152. The lowest BCUT2D eigenvalue weighted by molar-refractivity contribution is -0.132. The molecule has 0 radical (unpaired) electrons. The Morgan fingerprint density at radius 1 is 1.00 bits per heavy atom. The van der Waals surface area contributed by atoms with Gasteiger partial charge in [-0.25, -0.2) is 15.0 Å². The summed E-state index contributed by atoms with van der Waals surface area (Å²) >= 11 is 0. The molecule has 0 unspecified atom stereocenters. The third kappa shape index (κ3) is 3.55. The summed E-state index contributed by atoms with van der Waals surface area (Å²) in [4.78, 5) is 29.7. The molecule has 3 aromatic rings. The fourth-order valence-corrected chi connectivity index (χ4v) is 3.29. The monoisotopic (exact) mass is 365 g/mol. The molecule has 1 saturated heterocycles. The Hall–Kier alpha value is -3.16. The molecule has 140 valence electrons. The van der Waals surface area contributed by atoms with Gasteiger partial charge in [-0.15, -0.1) is 0 Å². The van der Waals surface area contributed by atoms with Crippen molar-refractivity contribution in [2.75, 3.05) is 31.1 Å². The van der Waals surface area contributed by atoms with Gasteiger partial charge in [0.15, 0.2) is 0 Å². The first-order chi connectivity index (χ1) is 13.1. The van der Waals surface area contributed by atoms with Crippen LogP contribution in [0.1, 0.15) is 11.4 Å². The van der Waals surface area contributed by atoms with Crippen LogP contribution in [0.3, 0.4) is 0 Å². The lowest BCUT2D eigenvalue weighted by Crippen LogP contribution is -2.49. The van der Waals surface area contributed by atoms with Crippen LogP contribution in [0.25, 0.3) is 5.82 Å². The molecule has 4 heterocycles. The van der Waals surface area contributed by atoms with E-state index in [1.165, 1.54) is 0 Å². The summed E-state index contributed by atoms with van der Waals surface area (Å²) in [6, 6.07) is 5.84. The molecule has 1 fully saturated rings. The molecule has 0 saturated carbocycles. The third-order valence-electron chi connectivity index (χ3n) is 5.08. The maximum atomic E-state index is 12.4. The number of aromatic nitrogens is 5. The van der Waals surface area contributed by atoms with E-state index in [4.69, 9.17) is 0 Å². The van der Waals surface area contributed by atoms with Crippen LogP contribution >= 0.6 is 0 Å². The predicted molar refractivity (Wildman–Crippen MR) is 102 cm³/mol. The zero-order valence-electron chi connectivity index (χ0n) is 15.6. The summed E-state index contributed by atoms with van der Waals surface area (Å²) in [5.41, 5.74) is 2.06. The van der Waals surface area contributed by atoms with Gasteiger partial charge < -0.3 is 14.4 Å². The summed E-state index contributed by atoms with van der Waals surface area (Å²) in [5, 5.41) is 0. The van der Waals surface area contributed by atoms with Crippen molar-refractivity contribution in [2.24, 2.45) is 0 Å². The smallest absolute Gasteiger partial charge is 0.242 e. The summed E-state index contributed by atoms with van der Waals surface area (Å²) < 4.78 is 3.87. The van der Waals surface area contributed by atoms with Gasteiger partial charge in [0.1, 0.15) is 30.8 Å². The standard InChI is InChI=1S/C19H23N7O/c1-15-16(2)26(14-22-15)18-11-17(20-13-21-18)24-7-9-25(10-8-24)19(27)12-23-5-3-4-6-23/h3-6,11,13-14H,7-10,12H2,1-2H3. The molecule has 0 aromatic carbocycles. The van der Waals surface area contributed by atoms with Crippen LogP contribution in [0.2, 0.25) is 0 Å². The molecule has 27 heavy (non-hydrogen) atoms. The number of anilines is 1. The Morgan fingerprint density at radius 3 is 2.37 bits per heavy atom. The minimum atomic E-state index is 0.152. The number of imidazole rings is 1. The van der Waals surface area contributed by atoms with Gasteiger partial charge in [0.2, 0.25) is 5.91 Å². The molecule has 0 bridgehead atoms. The average molecular weight is 365 g/mol. The molecule has 8 heteroatoms. The molecule has 0 spiro atoms. The van der Waals surface area contributed by atoms with E-state index in [0.29, 0.717) is 19.6 Å². The number of piperazine rings is 1. The maximum absolute atomic E-state index is 12.4. The van der Waals surface area contributed by atoms with Crippen molar-refractivity contribution in [3.05, 3.63) is 54.6 Å². The van der Waals surface area contributed by atoms with E-state index in [1.54, 1.807) is 12.7 Å². The van der Waals surface area contributed by atoms with E-state index >= 15 is 0 Å². The fourth-order valence-electron chi connectivity index (χ4n) is 3.29. The van der Waals surface area contributed by atoms with Gasteiger partial charge >= 0.3 is 0 Å². The Balaban J connectivity index is 1.42. The Kier molecular flexibility index (Phi) is 4.62. The highest BCUT2D eigenvalue weighted by molar-refractivity contribution is 5.76. The van der Waals surface area contributed by atoms with E-state index < -0.39 is 0 Å². The molecular formula is C19H23N7O. The second-order valence-electron chi connectivity index (χ2n) is 6.74. The number of hydrogen-bond acceptors (Lipinski definition) is 5. The van der Waals surface area contributed by atoms with Crippen LogP contribution in [-0.2, 0) is 11.3 Å². The molecule has 1 amide bonds. The summed E-state index contributed by atoms with van der Waals surface area (Å²) in [7, 11) is 0. The number of carbonyl (C=O) groups excluding carboxylic acids is 1. The first-order valence-electron chi connectivity index (χ1n) is 9.08. The van der Waals surface area contributed by atoms with Gasteiger partial charge in [0.25, 0.3) is 0 Å². The van der Waals surface area contributed by atoms with Crippen molar-refractivity contribution < 1.29 is 4.79 Å². The number of nitrogens with zero attached hydrogens (tertiary/aromatic N) is 7. The number of rotatable bonds is 4. The Morgan fingerprint density at radius 2 is 1.70 bits per heavy atom. The van der Waals surface area contributed by atoms with Crippen LogP contribution in [0.5, 0.6) is 0 Å². The molecule has 1 aliphatic rings. The van der Waals surface area contributed by atoms with Gasteiger partial charge in [0.05, 0.1) is 5.69 Å². The predicted octanol–water partition coefficient (Wildman–Crippen LogP) is 1.43. The summed E-state index contributed by atoms with van der Waals surface area (Å²) in [6.07, 6.45) is 7.20. The largest absolute Gasteiger partial charge is 0.353 e. The van der Waals surface area contributed by atoms with Crippen molar-refractivity contribution in [1.29, 1.82) is 0 Å². The van der Waals surface area contributed by atoms with E-state index in [1.807, 2.05) is 58.5 Å². The van der Waals surface area contributed by atoms with Crippen LogP contribution in [0, 0.1) is 13.8 Å². The zero-order valence-corrected chi connectivity index (χ0v) is 15.6. The highest BCUT2D eigenvalue weighted by Gasteiger charge is 2.22. The van der Waals surface area contributed by atoms with Gasteiger partial charge in [-0.05, 0) is 26.0 Å².